The summed E-state index contributed by atoms with van der Waals surface area (Å²) in [6.07, 6.45) is 6.48. The summed E-state index contributed by atoms with van der Waals surface area (Å²) in [5.74, 6) is -3.37. The molecular formula is C37H52BrN3O8. The minimum Gasteiger partial charge on any atom is -0.455 e. The van der Waals surface area contributed by atoms with E-state index in [9.17, 15) is 24.3 Å². The fourth-order valence-electron chi connectivity index (χ4n) is 7.61. The highest BCUT2D eigenvalue weighted by Gasteiger charge is 2.77. The van der Waals surface area contributed by atoms with E-state index in [1.165, 1.54) is 7.11 Å². The first-order valence-corrected chi connectivity index (χ1v) is 18.4. The molecule has 12 heteroatoms. The van der Waals surface area contributed by atoms with Crippen molar-refractivity contribution < 1.29 is 38.5 Å². The smallest absolute Gasteiger partial charge is 0.313 e. The van der Waals surface area contributed by atoms with Crippen LogP contribution in [0.2, 0.25) is 0 Å². The zero-order valence-corrected chi connectivity index (χ0v) is 30.4. The van der Waals surface area contributed by atoms with Crippen molar-refractivity contribution in [2.45, 2.75) is 93.0 Å². The third-order valence-electron chi connectivity index (χ3n) is 9.80. The van der Waals surface area contributed by atoms with Gasteiger partial charge < -0.3 is 34.4 Å². The van der Waals surface area contributed by atoms with Gasteiger partial charge in [-0.05, 0) is 37.7 Å². The molecular weight excluding hydrogens is 694 g/mol. The maximum atomic E-state index is 14.5. The van der Waals surface area contributed by atoms with Crippen LogP contribution in [0.3, 0.4) is 0 Å². The Morgan fingerprint density at radius 2 is 1.94 bits per heavy atom. The molecule has 3 saturated heterocycles. The van der Waals surface area contributed by atoms with Crippen LogP contribution >= 0.6 is 15.9 Å². The van der Waals surface area contributed by atoms with Gasteiger partial charge in [-0.15, -0.1) is 13.2 Å². The lowest BCUT2D eigenvalue weighted by molar-refractivity contribution is -0.163. The summed E-state index contributed by atoms with van der Waals surface area (Å²) < 4.78 is 18.5. The van der Waals surface area contributed by atoms with Gasteiger partial charge in [0.2, 0.25) is 17.7 Å². The number of fused-ring (bicyclic) bond motifs is 1. The molecule has 3 aliphatic rings. The first-order valence-electron chi connectivity index (χ1n) is 17.5. The van der Waals surface area contributed by atoms with Gasteiger partial charge in [-0.2, -0.15) is 0 Å². The second-order valence-corrected chi connectivity index (χ2v) is 14.3. The molecule has 3 amide bonds. The molecule has 8 atom stereocenters. The number of ether oxygens (including phenoxy) is 3. The van der Waals surface area contributed by atoms with Crippen molar-refractivity contribution >= 4 is 39.6 Å². The number of hydrogen-bond donors (Lipinski definition) is 2. The molecule has 270 valence electrons. The number of aliphatic hydroxyl groups excluding tert-OH is 1. The molecule has 1 aromatic carbocycles. The number of halogens is 1. The molecule has 1 aromatic rings. The quantitative estimate of drug-likeness (QED) is 0.0832. The number of aliphatic hydroxyl groups is 1. The van der Waals surface area contributed by atoms with Crippen molar-refractivity contribution in [2.24, 2.45) is 11.8 Å². The number of methoxy groups -OCH3 is 1. The number of nitrogens with zero attached hydrogens (tertiary/aromatic N) is 2. The number of carbonyl (C=O) groups is 4. The van der Waals surface area contributed by atoms with Gasteiger partial charge >= 0.3 is 5.97 Å². The molecule has 0 radical (unpaired) electrons. The number of hydrogen-bond acceptors (Lipinski definition) is 8. The van der Waals surface area contributed by atoms with Crippen LogP contribution in [0.1, 0.15) is 70.0 Å². The third kappa shape index (κ3) is 8.46. The molecule has 0 aromatic heterocycles. The minimum absolute atomic E-state index is 0.0422. The van der Waals surface area contributed by atoms with E-state index >= 15 is 0 Å². The number of amides is 3. The van der Waals surface area contributed by atoms with Crippen molar-refractivity contribution in [2.75, 3.05) is 40.0 Å². The number of benzene rings is 1. The first kappa shape index (κ1) is 38.7. The molecule has 0 saturated carbocycles. The van der Waals surface area contributed by atoms with E-state index in [2.05, 4.69) is 41.3 Å². The van der Waals surface area contributed by atoms with Crippen LogP contribution < -0.4 is 5.32 Å². The van der Waals surface area contributed by atoms with E-state index in [4.69, 9.17) is 14.2 Å². The zero-order chi connectivity index (χ0) is 35.6. The lowest BCUT2D eigenvalue weighted by Crippen LogP contribution is -2.57. The van der Waals surface area contributed by atoms with Gasteiger partial charge in [-0.25, -0.2) is 0 Å². The summed E-state index contributed by atoms with van der Waals surface area (Å²) in [6, 6.07) is 7.45. The minimum atomic E-state index is -1.24. The zero-order valence-electron chi connectivity index (χ0n) is 28.8. The Balaban J connectivity index is 1.70. The van der Waals surface area contributed by atoms with Gasteiger partial charge in [0, 0.05) is 44.6 Å². The van der Waals surface area contributed by atoms with E-state index in [1.54, 1.807) is 22.0 Å². The summed E-state index contributed by atoms with van der Waals surface area (Å²) >= 11 is 3.73. The highest BCUT2D eigenvalue weighted by atomic mass is 79.9. The van der Waals surface area contributed by atoms with Crippen molar-refractivity contribution in [3.63, 3.8) is 0 Å². The summed E-state index contributed by atoms with van der Waals surface area (Å²) in [6.45, 7) is 10.8. The molecule has 2 N–H and O–H groups in total. The van der Waals surface area contributed by atoms with E-state index in [0.29, 0.717) is 44.3 Å². The Bertz CT molecular complexity index is 1310. The number of likely N-dealkylation sites (tertiary alicyclic amines) is 1. The Morgan fingerprint density at radius 3 is 2.59 bits per heavy atom. The van der Waals surface area contributed by atoms with Crippen LogP contribution in [-0.4, -0.2) is 107 Å². The number of unbranched alkanes of at least 4 members (excludes halogenated alkanes) is 3. The van der Waals surface area contributed by atoms with Crippen LogP contribution in [0, 0.1) is 11.8 Å². The number of rotatable bonds is 21. The Kier molecular flexibility index (Phi) is 14.4. The van der Waals surface area contributed by atoms with Gasteiger partial charge in [0.05, 0.1) is 30.6 Å². The van der Waals surface area contributed by atoms with E-state index in [-0.39, 0.29) is 48.7 Å². The highest BCUT2D eigenvalue weighted by Crippen LogP contribution is 2.60. The van der Waals surface area contributed by atoms with Crippen molar-refractivity contribution in [3.8, 4) is 0 Å². The highest BCUT2D eigenvalue weighted by molar-refractivity contribution is 9.09. The van der Waals surface area contributed by atoms with Gasteiger partial charge in [0.1, 0.15) is 17.7 Å². The van der Waals surface area contributed by atoms with E-state index < -0.39 is 47.7 Å². The molecule has 11 nitrogen and oxygen atoms in total. The molecule has 1 unspecified atom stereocenters. The summed E-state index contributed by atoms with van der Waals surface area (Å²) in [7, 11) is 1.51. The van der Waals surface area contributed by atoms with Gasteiger partial charge in [-0.3, -0.25) is 19.2 Å². The van der Waals surface area contributed by atoms with Crippen LogP contribution in [-0.2, 0) is 33.4 Å². The van der Waals surface area contributed by atoms with Crippen molar-refractivity contribution in [1.82, 2.24) is 15.1 Å². The standard InChI is InChI=1S/C37H52BrN3O8/c1-5-8-13-20-40(19-7-3)35(45)33-37-23-26(38)32(49-37)29(30(37)34(44)41(33)21-14-15-22-42)36(46)48-31(25-16-11-10-12-17-25)27(24-47-4)39-28(43)18-9-6-2/h6-7,10-12,16-17,26-27,29-33,42H,2-3,5,8-9,13-15,18-24H2,1,4H3,(H,39,43)/t26?,27-,29+,30-,31-,32+,33+,37-/m1/s1. The first-order chi connectivity index (χ1) is 23.7. The molecule has 3 fully saturated rings. The molecule has 0 aliphatic carbocycles. The number of nitrogens with one attached hydrogen (secondary N) is 1. The molecule has 3 heterocycles. The topological polar surface area (TPSA) is 135 Å². The lowest BCUT2D eigenvalue weighted by atomic mass is 9.70. The molecule has 1 spiro atoms. The molecule has 4 rings (SSSR count). The van der Waals surface area contributed by atoms with E-state index in [1.807, 2.05) is 30.3 Å². The summed E-state index contributed by atoms with van der Waals surface area (Å²) in [5.41, 5.74) is -0.590. The van der Waals surface area contributed by atoms with Gasteiger partial charge in [-0.1, -0.05) is 78.2 Å². The van der Waals surface area contributed by atoms with E-state index in [0.717, 1.165) is 19.3 Å². The monoisotopic (exact) mass is 745 g/mol. The summed E-state index contributed by atoms with van der Waals surface area (Å²) in [4.78, 5) is 59.3. The largest absolute Gasteiger partial charge is 0.455 e. The number of carbonyl (C=O) groups excluding carboxylic acids is 4. The maximum Gasteiger partial charge on any atom is 0.313 e. The predicted octanol–water partition coefficient (Wildman–Crippen LogP) is 4.09. The second-order valence-electron chi connectivity index (χ2n) is 13.1. The second kappa shape index (κ2) is 18.3. The lowest BCUT2D eigenvalue weighted by Gasteiger charge is -2.37. The Labute approximate surface area is 298 Å². The average molecular weight is 747 g/mol. The maximum absolute atomic E-state index is 14.5. The van der Waals surface area contributed by atoms with Gasteiger partial charge in [0.15, 0.2) is 0 Å². The molecule has 3 aliphatic heterocycles. The van der Waals surface area contributed by atoms with Crippen LogP contribution in [0.5, 0.6) is 0 Å². The van der Waals surface area contributed by atoms with Gasteiger partial charge in [0.25, 0.3) is 0 Å². The van der Waals surface area contributed by atoms with Crippen LogP contribution in [0.4, 0.5) is 0 Å². The summed E-state index contributed by atoms with van der Waals surface area (Å²) in [5, 5.41) is 12.5. The Hall–Kier alpha value is -3.06. The number of esters is 1. The molecule has 49 heavy (non-hydrogen) atoms. The molecule has 2 bridgehead atoms. The predicted molar refractivity (Wildman–Crippen MR) is 189 cm³/mol. The fourth-order valence-corrected chi connectivity index (χ4v) is 8.55. The van der Waals surface area contributed by atoms with Crippen molar-refractivity contribution in [3.05, 3.63) is 61.2 Å². The number of allylic oxidation sites excluding steroid dienone is 1. The normalized spacial score (nSPS) is 26.6. The van der Waals surface area contributed by atoms with Crippen LogP contribution in [0.15, 0.2) is 55.6 Å². The average Bonchev–Trinajstić information content (AvgIpc) is 3.69. The Morgan fingerprint density at radius 1 is 1.18 bits per heavy atom. The number of alkyl halides is 1. The fraction of sp³-hybridized carbons (Fsp3) is 0.622. The van der Waals surface area contributed by atoms with Crippen LogP contribution in [0.25, 0.3) is 0 Å². The SMILES string of the molecule is C=CCCC(=O)N[C@H](COC)[C@H](OC(=O)[C@@H]1[C@H]2O[C@@]3(CC2Br)[C@H](C(=O)N(CC=C)CCCCC)N(CCCCO)C(=O)[C@@H]13)c1ccccc1. The third-order valence-corrected chi connectivity index (χ3v) is 10.6. The van der Waals surface area contributed by atoms with Crippen molar-refractivity contribution in [1.29, 1.82) is 0 Å².